The average Bonchev–Trinajstić information content (AvgIpc) is 3.27. The minimum Gasteiger partial charge on any atom is -0.359 e. The summed E-state index contributed by atoms with van der Waals surface area (Å²) in [6.45, 7) is 4.98. The van der Waals surface area contributed by atoms with Crippen LogP contribution >= 0.6 is 0 Å². The van der Waals surface area contributed by atoms with E-state index in [-0.39, 0.29) is 0 Å². The summed E-state index contributed by atoms with van der Waals surface area (Å²) in [5.41, 5.74) is 4.86. The molecular formula is C20H23N7. The molecule has 0 aliphatic carbocycles. The van der Waals surface area contributed by atoms with Gasteiger partial charge in [0.15, 0.2) is 11.5 Å². The molecule has 0 atom stereocenters. The predicted molar refractivity (Wildman–Crippen MR) is 106 cm³/mol. The van der Waals surface area contributed by atoms with E-state index in [1.165, 1.54) is 0 Å². The van der Waals surface area contributed by atoms with Gasteiger partial charge in [-0.2, -0.15) is 9.61 Å². The van der Waals surface area contributed by atoms with Crippen molar-refractivity contribution in [2.24, 2.45) is 7.05 Å². The third-order valence-corrected chi connectivity index (χ3v) is 4.89. The van der Waals surface area contributed by atoms with Crippen molar-refractivity contribution >= 4 is 11.5 Å². The maximum Gasteiger partial charge on any atom is 0.160 e. The Balaban J connectivity index is 1.73. The Hall–Kier alpha value is -3.22. The van der Waals surface area contributed by atoms with E-state index in [1.54, 1.807) is 6.20 Å². The number of fused-ring (bicyclic) bond motifs is 1. The Morgan fingerprint density at radius 3 is 2.67 bits per heavy atom. The largest absolute Gasteiger partial charge is 0.359 e. The van der Waals surface area contributed by atoms with Crippen LogP contribution in [0.15, 0.2) is 42.9 Å². The van der Waals surface area contributed by atoms with Crippen LogP contribution in [0.1, 0.15) is 17.0 Å². The Labute approximate surface area is 158 Å². The highest BCUT2D eigenvalue weighted by Crippen LogP contribution is 2.25. The number of aromatic nitrogens is 6. The van der Waals surface area contributed by atoms with Crippen molar-refractivity contribution in [1.82, 2.24) is 29.1 Å². The molecule has 27 heavy (non-hydrogen) atoms. The molecule has 0 saturated heterocycles. The van der Waals surface area contributed by atoms with Crippen molar-refractivity contribution < 1.29 is 0 Å². The van der Waals surface area contributed by atoms with E-state index in [2.05, 4.69) is 34.9 Å². The van der Waals surface area contributed by atoms with Crippen LogP contribution in [0.4, 0.5) is 5.82 Å². The van der Waals surface area contributed by atoms with Crippen molar-refractivity contribution in [3.05, 3.63) is 59.8 Å². The maximum atomic E-state index is 4.81. The standard InChI is InChI=1S/C20H23N7/c1-14-15(2)23-18-13-17(19-22-10-12-25(19)3)24-27(18)20(14)26(4)11-8-16-7-5-6-9-21-16/h5-7,9-10,12-13H,8,11H2,1-4H3. The lowest BCUT2D eigenvalue weighted by Crippen LogP contribution is -2.25. The summed E-state index contributed by atoms with van der Waals surface area (Å²) >= 11 is 0. The van der Waals surface area contributed by atoms with Gasteiger partial charge in [-0.05, 0) is 26.0 Å². The molecule has 0 amide bonds. The fraction of sp³-hybridized carbons (Fsp3) is 0.300. The van der Waals surface area contributed by atoms with Gasteiger partial charge in [-0.1, -0.05) is 6.07 Å². The van der Waals surface area contributed by atoms with Crippen LogP contribution in [0.25, 0.3) is 17.2 Å². The van der Waals surface area contributed by atoms with Gasteiger partial charge in [0.1, 0.15) is 11.5 Å². The van der Waals surface area contributed by atoms with E-state index in [0.29, 0.717) is 0 Å². The summed E-state index contributed by atoms with van der Waals surface area (Å²) < 4.78 is 3.89. The first-order valence-corrected chi connectivity index (χ1v) is 9.00. The van der Waals surface area contributed by atoms with Gasteiger partial charge in [-0.15, -0.1) is 0 Å². The molecule has 0 aliphatic heterocycles. The van der Waals surface area contributed by atoms with E-state index in [4.69, 9.17) is 10.1 Å². The number of hydrogen-bond donors (Lipinski definition) is 0. The molecule has 0 N–H and O–H groups in total. The summed E-state index contributed by atoms with van der Waals surface area (Å²) in [5, 5.41) is 4.81. The van der Waals surface area contributed by atoms with Crippen LogP contribution in [-0.4, -0.2) is 42.7 Å². The summed E-state index contributed by atoms with van der Waals surface area (Å²) in [6.07, 6.45) is 6.40. The Bertz CT molecular complexity index is 1080. The smallest absolute Gasteiger partial charge is 0.160 e. The third kappa shape index (κ3) is 3.16. The van der Waals surface area contributed by atoms with Crippen LogP contribution in [-0.2, 0) is 13.5 Å². The van der Waals surface area contributed by atoms with Gasteiger partial charge in [0.25, 0.3) is 0 Å². The van der Waals surface area contributed by atoms with Gasteiger partial charge < -0.3 is 9.47 Å². The van der Waals surface area contributed by atoms with Gasteiger partial charge in [0.05, 0.1) is 0 Å². The topological polar surface area (TPSA) is 64.1 Å². The summed E-state index contributed by atoms with van der Waals surface area (Å²) in [7, 11) is 4.06. The Kier molecular flexibility index (Phi) is 4.35. The minimum absolute atomic E-state index is 0.819. The zero-order valence-electron chi connectivity index (χ0n) is 16.1. The van der Waals surface area contributed by atoms with E-state index in [1.807, 2.05) is 53.6 Å². The predicted octanol–water partition coefficient (Wildman–Crippen LogP) is 2.82. The van der Waals surface area contributed by atoms with Crippen LogP contribution in [0, 0.1) is 13.8 Å². The third-order valence-electron chi connectivity index (χ3n) is 4.89. The number of hydrogen-bond acceptors (Lipinski definition) is 5. The van der Waals surface area contributed by atoms with E-state index in [0.717, 1.165) is 52.9 Å². The molecular weight excluding hydrogens is 338 g/mol. The molecule has 0 unspecified atom stereocenters. The Morgan fingerprint density at radius 1 is 1.11 bits per heavy atom. The molecule has 0 radical (unpaired) electrons. The highest BCUT2D eigenvalue weighted by molar-refractivity contribution is 5.63. The molecule has 0 aromatic carbocycles. The van der Waals surface area contributed by atoms with Crippen molar-refractivity contribution in [3.8, 4) is 11.5 Å². The van der Waals surface area contributed by atoms with E-state index < -0.39 is 0 Å². The molecule has 4 aromatic heterocycles. The number of rotatable bonds is 5. The number of aryl methyl sites for hydroxylation is 2. The van der Waals surface area contributed by atoms with Crippen molar-refractivity contribution in [2.45, 2.75) is 20.3 Å². The minimum atomic E-state index is 0.819. The molecule has 0 spiro atoms. The van der Waals surface area contributed by atoms with Crippen molar-refractivity contribution in [2.75, 3.05) is 18.5 Å². The van der Waals surface area contributed by atoms with E-state index in [9.17, 15) is 0 Å². The highest BCUT2D eigenvalue weighted by atomic mass is 15.3. The fourth-order valence-corrected chi connectivity index (χ4v) is 3.29. The van der Waals surface area contributed by atoms with Crippen LogP contribution in [0.3, 0.4) is 0 Å². The second kappa shape index (κ2) is 6.83. The number of likely N-dealkylation sites (N-methyl/N-ethyl adjacent to an activating group) is 1. The molecule has 7 nitrogen and oxygen atoms in total. The summed E-state index contributed by atoms with van der Waals surface area (Å²) in [5.74, 6) is 1.88. The van der Waals surface area contributed by atoms with Gasteiger partial charge in [0, 0.05) is 68.7 Å². The molecule has 7 heteroatoms. The molecule has 0 bridgehead atoms. The zero-order chi connectivity index (χ0) is 19.0. The number of pyridine rings is 1. The molecule has 0 aliphatic rings. The lowest BCUT2D eigenvalue weighted by Gasteiger charge is -2.22. The van der Waals surface area contributed by atoms with Crippen LogP contribution in [0.5, 0.6) is 0 Å². The normalized spacial score (nSPS) is 11.3. The lowest BCUT2D eigenvalue weighted by atomic mass is 10.2. The van der Waals surface area contributed by atoms with Gasteiger partial charge in [-0.25, -0.2) is 9.97 Å². The van der Waals surface area contributed by atoms with E-state index >= 15 is 0 Å². The molecule has 4 aromatic rings. The van der Waals surface area contributed by atoms with Gasteiger partial charge >= 0.3 is 0 Å². The summed E-state index contributed by atoms with van der Waals surface area (Å²) in [6, 6.07) is 8.01. The number of nitrogens with zero attached hydrogens (tertiary/aromatic N) is 7. The Morgan fingerprint density at radius 2 is 1.96 bits per heavy atom. The van der Waals surface area contributed by atoms with Crippen LogP contribution in [0.2, 0.25) is 0 Å². The maximum absolute atomic E-state index is 4.81. The van der Waals surface area contributed by atoms with Crippen LogP contribution < -0.4 is 4.90 Å². The second-order valence-electron chi connectivity index (χ2n) is 6.80. The second-order valence-corrected chi connectivity index (χ2v) is 6.80. The highest BCUT2D eigenvalue weighted by Gasteiger charge is 2.18. The molecule has 4 rings (SSSR count). The van der Waals surface area contributed by atoms with Gasteiger partial charge in [0.2, 0.25) is 0 Å². The SMILES string of the molecule is Cc1nc2cc(-c3nccn3C)nn2c(N(C)CCc2ccccn2)c1C. The molecule has 138 valence electrons. The van der Waals surface area contributed by atoms with Gasteiger partial charge in [-0.3, -0.25) is 4.98 Å². The number of anilines is 1. The molecule has 4 heterocycles. The first-order chi connectivity index (χ1) is 13.0. The zero-order valence-corrected chi connectivity index (χ0v) is 16.1. The molecule has 0 fully saturated rings. The molecule has 0 saturated carbocycles. The monoisotopic (exact) mass is 361 g/mol. The van der Waals surface area contributed by atoms with Crippen molar-refractivity contribution in [1.29, 1.82) is 0 Å². The fourth-order valence-electron chi connectivity index (χ4n) is 3.29. The first-order valence-electron chi connectivity index (χ1n) is 9.00. The average molecular weight is 361 g/mol. The lowest BCUT2D eigenvalue weighted by molar-refractivity contribution is 0.792. The van der Waals surface area contributed by atoms with Crippen molar-refractivity contribution in [3.63, 3.8) is 0 Å². The quantitative estimate of drug-likeness (QED) is 0.547. The first kappa shape index (κ1) is 17.2. The number of imidazole rings is 1. The summed E-state index contributed by atoms with van der Waals surface area (Å²) in [4.78, 5) is 15.8.